The number of amides is 2. The Morgan fingerprint density at radius 2 is 1.81 bits per heavy atom. The molecule has 21 heavy (non-hydrogen) atoms. The number of carbonyl (C=O) groups excluding carboxylic acids is 2. The second-order valence-electron chi connectivity index (χ2n) is 6.06. The van der Waals surface area contributed by atoms with E-state index in [1.54, 1.807) is 0 Å². The maximum atomic E-state index is 12.3. The van der Waals surface area contributed by atoms with E-state index < -0.39 is 5.54 Å². The summed E-state index contributed by atoms with van der Waals surface area (Å²) in [5.41, 5.74) is 0.735. The molecule has 2 amide bonds. The molecule has 0 atom stereocenters. The highest BCUT2D eigenvalue weighted by molar-refractivity contribution is 5.98. The average molecular weight is 286 g/mol. The lowest BCUT2D eigenvalue weighted by Gasteiger charge is -2.43. The fourth-order valence-electron chi connectivity index (χ4n) is 3.66. The Balaban J connectivity index is 1.66. The number of piperazine rings is 1. The Morgan fingerprint density at radius 1 is 1.10 bits per heavy atom. The summed E-state index contributed by atoms with van der Waals surface area (Å²) in [6.07, 6.45) is 5.56. The summed E-state index contributed by atoms with van der Waals surface area (Å²) in [6.45, 7) is 0.840. The van der Waals surface area contributed by atoms with Crippen LogP contribution in [0.2, 0.25) is 0 Å². The molecule has 2 fully saturated rings. The van der Waals surface area contributed by atoms with E-state index in [-0.39, 0.29) is 18.4 Å². The molecule has 1 heterocycles. The van der Waals surface area contributed by atoms with Gasteiger partial charge in [-0.15, -0.1) is 0 Å². The summed E-state index contributed by atoms with van der Waals surface area (Å²) in [4.78, 5) is 26.4. The fraction of sp³-hybridized carbons (Fsp3) is 0.529. The first kappa shape index (κ1) is 14.1. The topological polar surface area (TPSA) is 49.4 Å². The molecule has 1 N–H and O–H groups in total. The lowest BCUT2D eigenvalue weighted by Crippen LogP contribution is -2.66. The number of benzene rings is 1. The van der Waals surface area contributed by atoms with E-state index in [1.807, 2.05) is 23.1 Å². The van der Waals surface area contributed by atoms with Gasteiger partial charge in [-0.25, -0.2) is 0 Å². The number of hydrogen-bond donors (Lipinski definition) is 1. The molecule has 1 saturated carbocycles. The van der Waals surface area contributed by atoms with Crippen molar-refractivity contribution in [2.75, 3.05) is 13.1 Å². The van der Waals surface area contributed by atoms with Crippen molar-refractivity contribution in [3.63, 3.8) is 0 Å². The first-order valence-corrected chi connectivity index (χ1v) is 7.85. The van der Waals surface area contributed by atoms with Gasteiger partial charge < -0.3 is 10.2 Å². The minimum atomic E-state index is -0.550. The van der Waals surface area contributed by atoms with Crippen LogP contribution in [0.3, 0.4) is 0 Å². The van der Waals surface area contributed by atoms with Gasteiger partial charge in [0.1, 0.15) is 5.54 Å². The lowest BCUT2D eigenvalue weighted by atomic mass is 9.91. The van der Waals surface area contributed by atoms with Gasteiger partial charge in [-0.1, -0.05) is 43.2 Å². The molecule has 2 aliphatic rings. The maximum Gasteiger partial charge on any atom is 0.246 e. The monoisotopic (exact) mass is 286 g/mol. The molecular weight excluding hydrogens is 264 g/mol. The highest BCUT2D eigenvalue weighted by Crippen LogP contribution is 2.37. The van der Waals surface area contributed by atoms with Crippen molar-refractivity contribution in [3.8, 4) is 0 Å². The zero-order valence-electron chi connectivity index (χ0n) is 12.3. The summed E-state index contributed by atoms with van der Waals surface area (Å²) >= 11 is 0. The van der Waals surface area contributed by atoms with Gasteiger partial charge in [-0.2, -0.15) is 0 Å². The lowest BCUT2D eigenvalue weighted by molar-refractivity contribution is -0.153. The Morgan fingerprint density at radius 3 is 2.52 bits per heavy atom. The number of rotatable bonds is 4. The Kier molecular flexibility index (Phi) is 3.95. The van der Waals surface area contributed by atoms with Crippen molar-refractivity contribution in [2.24, 2.45) is 0 Å². The molecule has 1 aliphatic heterocycles. The van der Waals surface area contributed by atoms with Gasteiger partial charge in [-0.3, -0.25) is 9.59 Å². The van der Waals surface area contributed by atoms with Crippen LogP contribution in [0.5, 0.6) is 0 Å². The van der Waals surface area contributed by atoms with Crippen LogP contribution in [0, 0.1) is 0 Å². The molecule has 1 saturated heterocycles. The average Bonchev–Trinajstić information content (AvgIpc) is 2.99. The van der Waals surface area contributed by atoms with Gasteiger partial charge in [0.25, 0.3) is 0 Å². The third kappa shape index (κ3) is 2.67. The summed E-state index contributed by atoms with van der Waals surface area (Å²) in [5.74, 6) is 0.129. The summed E-state index contributed by atoms with van der Waals surface area (Å²) in [6, 6.07) is 10.3. The standard InChI is InChI=1S/C17H22N2O2/c20-15-13-18-16(21)17(10-4-5-11-17)19(15)12-6-9-14-7-2-1-3-8-14/h1-3,7-8H,4-6,9-13H2,(H,18,21). The number of nitrogens with zero attached hydrogens (tertiary/aromatic N) is 1. The van der Waals surface area contributed by atoms with E-state index in [1.165, 1.54) is 5.56 Å². The molecule has 0 aromatic heterocycles. The van der Waals surface area contributed by atoms with Crippen molar-refractivity contribution >= 4 is 11.8 Å². The SMILES string of the molecule is O=C1CNC(=O)C2(CCCC2)N1CCCc1ccccc1. The molecule has 1 aromatic carbocycles. The normalized spacial score (nSPS) is 20.9. The number of aryl methyl sites for hydroxylation is 1. The van der Waals surface area contributed by atoms with Crippen molar-refractivity contribution in [3.05, 3.63) is 35.9 Å². The van der Waals surface area contributed by atoms with Crippen molar-refractivity contribution in [1.82, 2.24) is 10.2 Å². The molecule has 0 radical (unpaired) electrons. The summed E-state index contributed by atoms with van der Waals surface area (Å²) in [7, 11) is 0. The Labute approximate surface area is 125 Å². The van der Waals surface area contributed by atoms with E-state index in [4.69, 9.17) is 0 Å². The van der Waals surface area contributed by atoms with Crippen molar-refractivity contribution < 1.29 is 9.59 Å². The molecule has 1 aromatic rings. The molecule has 1 spiro atoms. The van der Waals surface area contributed by atoms with Crippen LogP contribution >= 0.6 is 0 Å². The van der Waals surface area contributed by atoms with E-state index in [9.17, 15) is 9.59 Å². The summed E-state index contributed by atoms with van der Waals surface area (Å²) < 4.78 is 0. The molecule has 0 unspecified atom stereocenters. The van der Waals surface area contributed by atoms with Crippen molar-refractivity contribution in [1.29, 1.82) is 0 Å². The maximum absolute atomic E-state index is 12.3. The van der Waals surface area contributed by atoms with Gasteiger partial charge in [0.05, 0.1) is 6.54 Å². The van der Waals surface area contributed by atoms with E-state index >= 15 is 0 Å². The first-order valence-electron chi connectivity index (χ1n) is 7.85. The first-order chi connectivity index (χ1) is 10.2. The molecule has 3 rings (SSSR count). The predicted octanol–water partition coefficient (Wildman–Crippen LogP) is 1.89. The quantitative estimate of drug-likeness (QED) is 0.919. The van der Waals surface area contributed by atoms with E-state index in [2.05, 4.69) is 17.4 Å². The van der Waals surface area contributed by atoms with Crippen LogP contribution in [-0.4, -0.2) is 35.3 Å². The zero-order valence-corrected chi connectivity index (χ0v) is 12.3. The van der Waals surface area contributed by atoms with Crippen LogP contribution in [0.25, 0.3) is 0 Å². The predicted molar refractivity (Wildman–Crippen MR) is 80.7 cm³/mol. The minimum Gasteiger partial charge on any atom is -0.345 e. The van der Waals surface area contributed by atoms with Gasteiger partial charge in [0, 0.05) is 6.54 Å². The number of nitrogens with one attached hydrogen (secondary N) is 1. The van der Waals surface area contributed by atoms with E-state index in [0.29, 0.717) is 6.54 Å². The van der Waals surface area contributed by atoms with Gasteiger partial charge in [0.2, 0.25) is 11.8 Å². The largest absolute Gasteiger partial charge is 0.345 e. The highest BCUT2D eigenvalue weighted by Gasteiger charge is 2.50. The fourth-order valence-corrected chi connectivity index (χ4v) is 3.66. The van der Waals surface area contributed by atoms with E-state index in [0.717, 1.165) is 38.5 Å². The smallest absolute Gasteiger partial charge is 0.246 e. The Hall–Kier alpha value is -1.84. The molecular formula is C17H22N2O2. The van der Waals surface area contributed by atoms with Gasteiger partial charge >= 0.3 is 0 Å². The molecule has 112 valence electrons. The molecule has 4 heteroatoms. The highest BCUT2D eigenvalue weighted by atomic mass is 16.2. The van der Waals surface area contributed by atoms with Crippen LogP contribution in [0.1, 0.15) is 37.7 Å². The van der Waals surface area contributed by atoms with Crippen LogP contribution < -0.4 is 5.32 Å². The zero-order chi connectivity index (χ0) is 14.7. The third-order valence-electron chi connectivity index (χ3n) is 4.76. The third-order valence-corrected chi connectivity index (χ3v) is 4.76. The van der Waals surface area contributed by atoms with Gasteiger partial charge in [0.15, 0.2) is 0 Å². The molecule has 4 nitrogen and oxygen atoms in total. The van der Waals surface area contributed by atoms with Crippen molar-refractivity contribution in [2.45, 2.75) is 44.1 Å². The Bertz CT molecular complexity index is 521. The van der Waals surface area contributed by atoms with Crippen LogP contribution in [-0.2, 0) is 16.0 Å². The second-order valence-corrected chi connectivity index (χ2v) is 6.06. The molecule has 1 aliphatic carbocycles. The van der Waals surface area contributed by atoms with Crippen LogP contribution in [0.15, 0.2) is 30.3 Å². The van der Waals surface area contributed by atoms with Crippen LogP contribution in [0.4, 0.5) is 0 Å². The summed E-state index contributed by atoms with van der Waals surface area (Å²) in [5, 5.41) is 2.77. The number of carbonyl (C=O) groups is 2. The van der Waals surface area contributed by atoms with Gasteiger partial charge in [-0.05, 0) is 31.2 Å². The number of hydrogen-bond acceptors (Lipinski definition) is 2. The molecule has 0 bridgehead atoms. The second kappa shape index (κ2) is 5.88. The minimum absolute atomic E-state index is 0.0549.